The molecule has 0 heterocycles. The van der Waals surface area contributed by atoms with Gasteiger partial charge in [-0.2, -0.15) is 0 Å². The molecule has 0 aliphatic carbocycles. The molecule has 0 saturated carbocycles. The molecule has 3 rings (SSSR count). The van der Waals surface area contributed by atoms with Crippen LogP contribution in [0.1, 0.15) is 54.4 Å². The molecule has 0 unspecified atom stereocenters. The van der Waals surface area contributed by atoms with Gasteiger partial charge in [0.25, 0.3) is 0 Å². The maximum absolute atomic E-state index is 11.7. The van der Waals surface area contributed by atoms with E-state index in [0.29, 0.717) is 13.1 Å². The van der Waals surface area contributed by atoms with Crippen molar-refractivity contribution in [2.45, 2.75) is 44.2 Å². The Morgan fingerprint density at radius 2 is 1.26 bits per heavy atom. The van der Waals surface area contributed by atoms with E-state index >= 15 is 0 Å². The van der Waals surface area contributed by atoms with Crippen LogP contribution >= 0.6 is 0 Å². The van der Waals surface area contributed by atoms with Crippen LogP contribution < -0.4 is 5.73 Å². The van der Waals surface area contributed by atoms with E-state index in [2.05, 4.69) is 41.3 Å². The molecule has 0 amide bonds. The minimum absolute atomic E-state index is 0.0200. The van der Waals surface area contributed by atoms with Gasteiger partial charge in [-0.1, -0.05) is 97.8 Å². The van der Waals surface area contributed by atoms with Crippen LogP contribution in [-0.2, 0) is 16.9 Å². The standard InChI is InChI=1S/C29H36N2O3/c30-20-9-1-2-10-21-31(22-19-28(33)34)29(25-11-5-3-6-12-25,26-13-7-4-8-14-26)27-17-15-24(23-32)16-18-27/h3-8,11-18,32H,1-2,9-10,19-23,30H2,(H,33,34). The lowest BCUT2D eigenvalue weighted by Crippen LogP contribution is -2.49. The average molecular weight is 461 g/mol. The highest BCUT2D eigenvalue weighted by atomic mass is 16.4. The monoisotopic (exact) mass is 460 g/mol. The molecule has 180 valence electrons. The Bertz CT molecular complexity index is 951. The minimum atomic E-state index is -0.807. The van der Waals surface area contributed by atoms with Crippen molar-refractivity contribution in [3.05, 3.63) is 107 Å². The van der Waals surface area contributed by atoms with Gasteiger partial charge in [0.1, 0.15) is 0 Å². The van der Waals surface area contributed by atoms with Crippen LogP contribution in [0, 0.1) is 0 Å². The number of hydrogen-bond acceptors (Lipinski definition) is 4. The maximum Gasteiger partial charge on any atom is 0.304 e. The second-order valence-corrected chi connectivity index (χ2v) is 8.63. The summed E-state index contributed by atoms with van der Waals surface area (Å²) in [6, 6.07) is 28.6. The summed E-state index contributed by atoms with van der Waals surface area (Å²) >= 11 is 0. The van der Waals surface area contributed by atoms with E-state index in [0.717, 1.165) is 54.5 Å². The van der Waals surface area contributed by atoms with E-state index in [1.807, 2.05) is 48.5 Å². The molecule has 5 nitrogen and oxygen atoms in total. The number of carbonyl (C=O) groups is 1. The topological polar surface area (TPSA) is 86.8 Å². The van der Waals surface area contributed by atoms with Crippen molar-refractivity contribution in [3.8, 4) is 0 Å². The van der Waals surface area contributed by atoms with E-state index in [1.165, 1.54) is 0 Å². The van der Waals surface area contributed by atoms with Crippen molar-refractivity contribution in [3.63, 3.8) is 0 Å². The largest absolute Gasteiger partial charge is 0.481 e. The lowest BCUT2D eigenvalue weighted by Gasteiger charge is -2.46. The quantitative estimate of drug-likeness (QED) is 0.238. The fraction of sp³-hybridized carbons (Fsp3) is 0.345. The molecule has 0 fully saturated rings. The molecule has 0 spiro atoms. The van der Waals surface area contributed by atoms with E-state index in [1.54, 1.807) is 0 Å². The van der Waals surface area contributed by atoms with Crippen molar-refractivity contribution in [2.75, 3.05) is 19.6 Å². The van der Waals surface area contributed by atoms with Crippen molar-refractivity contribution in [1.82, 2.24) is 4.90 Å². The van der Waals surface area contributed by atoms with Crippen molar-refractivity contribution in [2.24, 2.45) is 5.73 Å². The average Bonchev–Trinajstić information content (AvgIpc) is 2.88. The van der Waals surface area contributed by atoms with E-state index < -0.39 is 11.5 Å². The smallest absolute Gasteiger partial charge is 0.304 e. The zero-order valence-corrected chi connectivity index (χ0v) is 19.8. The first-order chi connectivity index (χ1) is 16.6. The number of carboxylic acid groups (broad SMARTS) is 1. The van der Waals surface area contributed by atoms with Gasteiger partial charge in [0, 0.05) is 6.54 Å². The number of aliphatic carboxylic acids is 1. The summed E-state index contributed by atoms with van der Waals surface area (Å²) < 4.78 is 0. The number of rotatable bonds is 14. The zero-order valence-electron chi connectivity index (χ0n) is 19.8. The highest BCUT2D eigenvalue weighted by Crippen LogP contribution is 2.43. The first kappa shape index (κ1) is 25.6. The number of nitrogens with two attached hydrogens (primary N) is 1. The number of carboxylic acids is 1. The third kappa shape index (κ3) is 6.11. The number of nitrogens with zero attached hydrogens (tertiary/aromatic N) is 1. The molecule has 0 aromatic heterocycles. The number of unbranched alkanes of at least 4 members (excludes halogenated alkanes) is 3. The summed E-state index contributed by atoms with van der Waals surface area (Å²) in [6.45, 7) is 1.84. The Kier molecular flexibility index (Phi) is 9.83. The van der Waals surface area contributed by atoms with Gasteiger partial charge in [0.05, 0.1) is 18.6 Å². The number of hydrogen-bond donors (Lipinski definition) is 3. The SMILES string of the molecule is NCCCCCCN(CCC(=O)O)C(c1ccccc1)(c1ccccc1)c1ccc(CO)cc1. The van der Waals surface area contributed by atoms with E-state index in [-0.39, 0.29) is 13.0 Å². The molecule has 0 radical (unpaired) electrons. The first-order valence-electron chi connectivity index (χ1n) is 12.1. The fourth-order valence-corrected chi connectivity index (χ4v) is 4.74. The summed E-state index contributed by atoms with van der Waals surface area (Å²) in [5, 5.41) is 19.2. The van der Waals surface area contributed by atoms with Crippen LogP contribution in [0.25, 0.3) is 0 Å². The Hall–Kier alpha value is -2.99. The zero-order chi connectivity index (χ0) is 24.2. The molecule has 0 aliphatic rings. The van der Waals surface area contributed by atoms with E-state index in [4.69, 9.17) is 5.73 Å². The van der Waals surface area contributed by atoms with Crippen molar-refractivity contribution < 1.29 is 15.0 Å². The Labute approximate surface area is 202 Å². The molecule has 0 atom stereocenters. The molecular formula is C29H36N2O3. The molecule has 0 bridgehead atoms. The lowest BCUT2D eigenvalue weighted by molar-refractivity contribution is -0.137. The van der Waals surface area contributed by atoms with Gasteiger partial charge in [-0.25, -0.2) is 0 Å². The molecule has 0 saturated heterocycles. The molecule has 5 heteroatoms. The summed E-state index contributed by atoms with van der Waals surface area (Å²) in [7, 11) is 0. The van der Waals surface area contributed by atoms with Crippen molar-refractivity contribution >= 4 is 5.97 Å². The summed E-state index contributed by atoms with van der Waals surface area (Å²) in [6.07, 6.45) is 4.12. The summed E-state index contributed by atoms with van der Waals surface area (Å²) in [4.78, 5) is 14.0. The van der Waals surface area contributed by atoms with Gasteiger partial charge in [-0.05, 0) is 48.2 Å². The highest BCUT2D eigenvalue weighted by Gasteiger charge is 2.41. The lowest BCUT2D eigenvalue weighted by atomic mass is 9.75. The molecule has 0 aliphatic heterocycles. The van der Waals surface area contributed by atoms with Gasteiger partial charge < -0.3 is 15.9 Å². The van der Waals surface area contributed by atoms with Gasteiger partial charge in [-0.3, -0.25) is 9.69 Å². The van der Waals surface area contributed by atoms with Crippen LogP contribution in [0.3, 0.4) is 0 Å². The second-order valence-electron chi connectivity index (χ2n) is 8.63. The minimum Gasteiger partial charge on any atom is -0.481 e. The molecule has 3 aromatic rings. The number of benzene rings is 3. The molecule has 3 aromatic carbocycles. The Morgan fingerprint density at radius 3 is 1.76 bits per heavy atom. The van der Waals surface area contributed by atoms with Crippen LogP contribution in [-0.4, -0.2) is 40.7 Å². The first-order valence-corrected chi connectivity index (χ1v) is 12.1. The van der Waals surface area contributed by atoms with Crippen molar-refractivity contribution in [1.29, 1.82) is 0 Å². The van der Waals surface area contributed by atoms with Crippen LogP contribution in [0.5, 0.6) is 0 Å². The van der Waals surface area contributed by atoms with Crippen LogP contribution in [0.15, 0.2) is 84.9 Å². The van der Waals surface area contributed by atoms with E-state index in [9.17, 15) is 15.0 Å². The summed E-state index contributed by atoms with van der Waals surface area (Å²) in [5.74, 6) is -0.807. The third-order valence-corrected chi connectivity index (χ3v) is 6.39. The normalized spacial score (nSPS) is 11.6. The van der Waals surface area contributed by atoms with Gasteiger partial charge in [-0.15, -0.1) is 0 Å². The number of aliphatic hydroxyl groups is 1. The van der Waals surface area contributed by atoms with Crippen LogP contribution in [0.4, 0.5) is 0 Å². The molecular weight excluding hydrogens is 424 g/mol. The Balaban J connectivity index is 2.18. The van der Waals surface area contributed by atoms with Crippen LogP contribution in [0.2, 0.25) is 0 Å². The molecule has 34 heavy (non-hydrogen) atoms. The Morgan fingerprint density at radius 1 is 0.735 bits per heavy atom. The second kappa shape index (κ2) is 13.0. The van der Waals surface area contributed by atoms with Gasteiger partial charge in [0.15, 0.2) is 0 Å². The fourth-order valence-electron chi connectivity index (χ4n) is 4.74. The summed E-state index contributed by atoms with van der Waals surface area (Å²) in [5.41, 5.74) is 9.08. The number of aliphatic hydroxyl groups excluding tert-OH is 1. The van der Waals surface area contributed by atoms with Gasteiger partial charge in [0.2, 0.25) is 0 Å². The molecule has 4 N–H and O–H groups in total. The predicted molar refractivity (Wildman–Crippen MR) is 136 cm³/mol. The van der Waals surface area contributed by atoms with Gasteiger partial charge >= 0.3 is 5.97 Å². The highest BCUT2D eigenvalue weighted by molar-refractivity contribution is 5.67. The maximum atomic E-state index is 11.7. The predicted octanol–water partition coefficient (Wildman–Crippen LogP) is 4.77. The third-order valence-electron chi connectivity index (χ3n) is 6.39.